The Labute approximate surface area is 130 Å². The number of anilines is 1. The van der Waals surface area contributed by atoms with E-state index in [0.717, 1.165) is 17.0 Å². The molecule has 3 amide bonds. The predicted molar refractivity (Wildman–Crippen MR) is 83.3 cm³/mol. The van der Waals surface area contributed by atoms with Crippen LogP contribution in [0.3, 0.4) is 0 Å². The van der Waals surface area contributed by atoms with Gasteiger partial charge in [0.05, 0.1) is 12.5 Å². The fourth-order valence-electron chi connectivity index (χ4n) is 3.50. The van der Waals surface area contributed by atoms with Gasteiger partial charge in [-0.2, -0.15) is 0 Å². The fraction of sp³-hybridized carbons (Fsp3) is 0.500. The number of hydrogen-bond donors (Lipinski definition) is 1. The zero-order valence-electron chi connectivity index (χ0n) is 13.2. The third kappa shape index (κ3) is 1.94. The lowest BCUT2D eigenvalue weighted by Gasteiger charge is -2.23. The molecule has 118 valence electrons. The van der Waals surface area contributed by atoms with Crippen LogP contribution in [0.25, 0.3) is 0 Å². The van der Waals surface area contributed by atoms with Gasteiger partial charge in [0.1, 0.15) is 5.75 Å². The number of carbonyl (C=O) groups excluding carboxylic acids is 2. The quantitative estimate of drug-likeness (QED) is 0.897. The lowest BCUT2D eigenvalue weighted by molar-refractivity contribution is -0.122. The summed E-state index contributed by atoms with van der Waals surface area (Å²) in [6.45, 7) is 3.48. The number of amides is 3. The molecule has 1 spiro atoms. The van der Waals surface area contributed by atoms with E-state index < -0.39 is 5.41 Å². The first-order chi connectivity index (χ1) is 10.5. The average molecular weight is 303 g/mol. The number of likely N-dealkylation sites (N-methyl/N-ethyl adjacent to an activating group) is 1. The number of methoxy groups -OCH3 is 1. The van der Waals surface area contributed by atoms with Crippen molar-refractivity contribution < 1.29 is 14.3 Å². The molecule has 2 heterocycles. The number of carbonyl (C=O) groups is 2. The van der Waals surface area contributed by atoms with Crippen LogP contribution in [-0.2, 0) is 10.2 Å². The van der Waals surface area contributed by atoms with Gasteiger partial charge in [0.25, 0.3) is 0 Å². The van der Waals surface area contributed by atoms with Crippen LogP contribution in [0, 0.1) is 0 Å². The highest BCUT2D eigenvalue weighted by atomic mass is 16.5. The molecule has 1 unspecified atom stereocenters. The van der Waals surface area contributed by atoms with Crippen LogP contribution in [-0.4, -0.2) is 50.6 Å². The third-order valence-electron chi connectivity index (χ3n) is 4.68. The van der Waals surface area contributed by atoms with E-state index in [1.807, 2.05) is 25.1 Å². The molecule has 6 nitrogen and oxygen atoms in total. The lowest BCUT2D eigenvalue weighted by atomic mass is 9.81. The Hall–Kier alpha value is -2.24. The molecule has 0 radical (unpaired) electrons. The van der Waals surface area contributed by atoms with Crippen molar-refractivity contribution in [1.82, 2.24) is 10.2 Å². The van der Waals surface area contributed by atoms with Gasteiger partial charge in [-0.25, -0.2) is 4.79 Å². The maximum absolute atomic E-state index is 12.8. The lowest BCUT2D eigenvalue weighted by Crippen LogP contribution is -2.44. The Morgan fingerprint density at radius 1 is 1.45 bits per heavy atom. The summed E-state index contributed by atoms with van der Waals surface area (Å²) < 4.78 is 5.30. The van der Waals surface area contributed by atoms with Gasteiger partial charge in [-0.05, 0) is 37.1 Å². The summed E-state index contributed by atoms with van der Waals surface area (Å²) in [4.78, 5) is 28.3. The van der Waals surface area contributed by atoms with E-state index in [2.05, 4.69) is 5.32 Å². The predicted octanol–water partition coefficient (Wildman–Crippen LogP) is 1.34. The second kappa shape index (κ2) is 5.19. The molecule has 0 bridgehead atoms. The van der Waals surface area contributed by atoms with E-state index in [4.69, 9.17) is 4.74 Å². The molecule has 1 saturated heterocycles. The van der Waals surface area contributed by atoms with Crippen molar-refractivity contribution >= 4 is 17.6 Å². The van der Waals surface area contributed by atoms with E-state index in [1.165, 1.54) is 0 Å². The van der Waals surface area contributed by atoms with Gasteiger partial charge in [0.2, 0.25) is 5.91 Å². The molecule has 1 fully saturated rings. The number of nitrogens with zero attached hydrogens (tertiary/aromatic N) is 2. The van der Waals surface area contributed by atoms with Gasteiger partial charge in [0.15, 0.2) is 0 Å². The molecule has 1 atom stereocenters. The van der Waals surface area contributed by atoms with Crippen LogP contribution >= 0.6 is 0 Å². The van der Waals surface area contributed by atoms with E-state index in [9.17, 15) is 9.59 Å². The number of benzene rings is 1. The normalized spacial score (nSPS) is 23.1. The molecule has 1 N–H and O–H groups in total. The molecule has 1 aromatic rings. The maximum atomic E-state index is 12.8. The minimum Gasteiger partial charge on any atom is -0.497 e. The van der Waals surface area contributed by atoms with Gasteiger partial charge in [0, 0.05) is 32.4 Å². The molecule has 3 rings (SSSR count). The summed E-state index contributed by atoms with van der Waals surface area (Å²) in [6, 6.07) is 5.59. The smallest absolute Gasteiger partial charge is 0.317 e. The molecule has 0 aliphatic carbocycles. The second-order valence-corrected chi connectivity index (χ2v) is 5.84. The molecule has 6 heteroatoms. The van der Waals surface area contributed by atoms with E-state index in [-0.39, 0.29) is 11.9 Å². The third-order valence-corrected chi connectivity index (χ3v) is 4.68. The van der Waals surface area contributed by atoms with Crippen molar-refractivity contribution in [3.05, 3.63) is 23.8 Å². The number of urea groups is 1. The van der Waals surface area contributed by atoms with Gasteiger partial charge in [-0.3, -0.25) is 4.79 Å². The van der Waals surface area contributed by atoms with Crippen LogP contribution in [0.1, 0.15) is 18.9 Å². The summed E-state index contributed by atoms with van der Waals surface area (Å²) in [6.07, 6.45) is 0.646. The van der Waals surface area contributed by atoms with E-state index in [0.29, 0.717) is 26.1 Å². The van der Waals surface area contributed by atoms with Crippen LogP contribution in [0.15, 0.2) is 18.2 Å². The molecule has 2 aliphatic rings. The Morgan fingerprint density at radius 2 is 2.23 bits per heavy atom. The van der Waals surface area contributed by atoms with Crippen molar-refractivity contribution in [2.24, 2.45) is 0 Å². The number of fused-ring (bicyclic) bond motifs is 2. The van der Waals surface area contributed by atoms with Crippen LogP contribution in [0.5, 0.6) is 5.75 Å². The van der Waals surface area contributed by atoms with Gasteiger partial charge >= 0.3 is 6.03 Å². The summed E-state index contributed by atoms with van der Waals surface area (Å²) >= 11 is 0. The zero-order valence-corrected chi connectivity index (χ0v) is 13.2. The Balaban J connectivity index is 1.98. The molecule has 0 aromatic heterocycles. The SMILES string of the molecule is CCNC(=O)N1CCC2(C1)C(=O)N(C)c1ccc(OC)cc12. The highest BCUT2D eigenvalue weighted by Crippen LogP contribution is 2.47. The second-order valence-electron chi connectivity index (χ2n) is 5.84. The van der Waals surface area contributed by atoms with E-state index in [1.54, 1.807) is 24.0 Å². The number of likely N-dealkylation sites (tertiary alicyclic amines) is 1. The summed E-state index contributed by atoms with van der Waals surface area (Å²) in [5.41, 5.74) is 1.23. The number of nitrogens with one attached hydrogen (secondary N) is 1. The van der Waals surface area contributed by atoms with Crippen LogP contribution in [0.4, 0.5) is 10.5 Å². The minimum atomic E-state index is -0.635. The van der Waals surface area contributed by atoms with Crippen molar-refractivity contribution in [3.8, 4) is 5.75 Å². The van der Waals surface area contributed by atoms with Crippen LogP contribution in [0.2, 0.25) is 0 Å². The molecule has 1 aromatic carbocycles. The van der Waals surface area contributed by atoms with Gasteiger partial charge in [-0.1, -0.05) is 0 Å². The summed E-state index contributed by atoms with van der Waals surface area (Å²) in [5.74, 6) is 0.792. The van der Waals surface area contributed by atoms with Crippen molar-refractivity contribution in [3.63, 3.8) is 0 Å². The van der Waals surface area contributed by atoms with Crippen LogP contribution < -0.4 is 15.0 Å². The highest BCUT2D eigenvalue weighted by molar-refractivity contribution is 6.08. The zero-order chi connectivity index (χ0) is 15.9. The molecule has 2 aliphatic heterocycles. The van der Waals surface area contributed by atoms with E-state index >= 15 is 0 Å². The standard InChI is InChI=1S/C16H21N3O3/c1-4-17-15(21)19-8-7-16(10-19)12-9-11(22-3)5-6-13(12)18(2)14(16)20/h5-6,9H,4,7-8,10H2,1-3H3,(H,17,21). The highest BCUT2D eigenvalue weighted by Gasteiger charge is 2.54. The monoisotopic (exact) mass is 303 g/mol. The molecular formula is C16H21N3O3. The molecule has 0 saturated carbocycles. The molecular weight excluding hydrogens is 282 g/mol. The summed E-state index contributed by atoms with van der Waals surface area (Å²) in [5, 5.41) is 2.80. The maximum Gasteiger partial charge on any atom is 0.317 e. The molecule has 22 heavy (non-hydrogen) atoms. The first kappa shape index (κ1) is 14.7. The Bertz CT molecular complexity index is 631. The summed E-state index contributed by atoms with van der Waals surface area (Å²) in [7, 11) is 3.40. The van der Waals surface area contributed by atoms with Crippen molar-refractivity contribution in [2.75, 3.05) is 38.7 Å². The Kier molecular flexibility index (Phi) is 3.47. The number of ether oxygens (including phenoxy) is 1. The minimum absolute atomic E-state index is 0.0579. The fourth-order valence-corrected chi connectivity index (χ4v) is 3.50. The first-order valence-electron chi connectivity index (χ1n) is 7.53. The van der Waals surface area contributed by atoms with Gasteiger partial charge < -0.3 is 19.9 Å². The number of hydrogen-bond acceptors (Lipinski definition) is 3. The van der Waals surface area contributed by atoms with Crippen molar-refractivity contribution in [1.29, 1.82) is 0 Å². The topological polar surface area (TPSA) is 61.9 Å². The Morgan fingerprint density at radius 3 is 2.91 bits per heavy atom. The first-order valence-corrected chi connectivity index (χ1v) is 7.53. The van der Waals surface area contributed by atoms with Crippen molar-refractivity contribution in [2.45, 2.75) is 18.8 Å². The number of rotatable bonds is 2. The average Bonchev–Trinajstić information content (AvgIpc) is 3.06. The largest absolute Gasteiger partial charge is 0.497 e. The van der Waals surface area contributed by atoms with Gasteiger partial charge in [-0.15, -0.1) is 0 Å².